The molecule has 0 aromatic heterocycles. The maximum absolute atomic E-state index is 12.8. The quantitative estimate of drug-likeness (QED) is 0.785. The second kappa shape index (κ2) is 8.03. The van der Waals surface area contributed by atoms with Gasteiger partial charge in [0.1, 0.15) is 17.1 Å². The molecule has 2 aromatic carbocycles. The van der Waals surface area contributed by atoms with Crippen LogP contribution >= 0.6 is 0 Å². The summed E-state index contributed by atoms with van der Waals surface area (Å²) in [4.78, 5) is 12.8. The molecule has 2 atom stereocenters. The lowest BCUT2D eigenvalue weighted by Gasteiger charge is -2.41. The highest BCUT2D eigenvalue weighted by Gasteiger charge is 2.39. The third-order valence-electron chi connectivity index (χ3n) is 5.47. The average Bonchev–Trinajstić information content (AvgIpc) is 2.67. The fraction of sp³-hybridized carbons (Fsp3) is 0.435. The molecule has 1 aliphatic rings. The van der Waals surface area contributed by atoms with Crippen molar-refractivity contribution in [2.24, 2.45) is 0 Å². The van der Waals surface area contributed by atoms with Crippen molar-refractivity contribution in [3.05, 3.63) is 59.7 Å². The zero-order chi connectivity index (χ0) is 19.4. The number of ether oxygens (including phenoxy) is 2. The first-order valence-corrected chi connectivity index (χ1v) is 9.78. The molecular weight excluding hydrogens is 338 g/mol. The molecule has 0 radical (unpaired) electrons. The van der Waals surface area contributed by atoms with Gasteiger partial charge in [-0.3, -0.25) is 4.79 Å². The Kier molecular flexibility index (Phi) is 5.73. The molecule has 3 rings (SSSR count). The summed E-state index contributed by atoms with van der Waals surface area (Å²) in [6.45, 7) is 8.07. The molecule has 1 aliphatic heterocycles. The first-order valence-electron chi connectivity index (χ1n) is 9.78. The van der Waals surface area contributed by atoms with Crippen molar-refractivity contribution in [1.82, 2.24) is 5.32 Å². The SMILES string of the molecule is CCC1(CC)C[C@H](NC(=O)[C@@H](C)Oc2cccc(C)c2)c2ccccc2O1. The van der Waals surface area contributed by atoms with Gasteiger partial charge in [-0.25, -0.2) is 0 Å². The summed E-state index contributed by atoms with van der Waals surface area (Å²) >= 11 is 0. The Labute approximate surface area is 161 Å². The van der Waals surface area contributed by atoms with E-state index in [0.717, 1.165) is 36.1 Å². The maximum Gasteiger partial charge on any atom is 0.261 e. The largest absolute Gasteiger partial charge is 0.487 e. The second-order valence-corrected chi connectivity index (χ2v) is 7.37. The van der Waals surface area contributed by atoms with E-state index in [9.17, 15) is 4.79 Å². The maximum atomic E-state index is 12.8. The Morgan fingerprint density at radius 2 is 1.96 bits per heavy atom. The topological polar surface area (TPSA) is 47.6 Å². The molecule has 0 aliphatic carbocycles. The molecule has 4 heteroatoms. The van der Waals surface area contributed by atoms with Gasteiger partial charge in [-0.1, -0.05) is 44.2 Å². The Morgan fingerprint density at radius 1 is 1.22 bits per heavy atom. The number of benzene rings is 2. The molecule has 0 fully saturated rings. The van der Waals surface area contributed by atoms with Crippen LogP contribution in [0.25, 0.3) is 0 Å². The van der Waals surface area contributed by atoms with Gasteiger partial charge in [0.2, 0.25) is 0 Å². The third-order valence-corrected chi connectivity index (χ3v) is 5.47. The van der Waals surface area contributed by atoms with E-state index in [2.05, 4.69) is 19.2 Å². The van der Waals surface area contributed by atoms with Crippen molar-refractivity contribution in [3.63, 3.8) is 0 Å². The molecule has 0 saturated heterocycles. The van der Waals surface area contributed by atoms with Crippen molar-refractivity contribution in [2.75, 3.05) is 0 Å². The smallest absolute Gasteiger partial charge is 0.261 e. The van der Waals surface area contributed by atoms with E-state index in [-0.39, 0.29) is 17.6 Å². The van der Waals surface area contributed by atoms with Crippen LogP contribution in [-0.4, -0.2) is 17.6 Å². The lowest BCUT2D eigenvalue weighted by molar-refractivity contribution is -0.128. The lowest BCUT2D eigenvalue weighted by atomic mass is 9.83. The van der Waals surface area contributed by atoms with Gasteiger partial charge in [0.25, 0.3) is 5.91 Å². The van der Waals surface area contributed by atoms with E-state index in [1.807, 2.05) is 55.5 Å². The van der Waals surface area contributed by atoms with Crippen LogP contribution in [0.5, 0.6) is 11.5 Å². The molecule has 4 nitrogen and oxygen atoms in total. The van der Waals surface area contributed by atoms with E-state index in [1.165, 1.54) is 0 Å². The van der Waals surface area contributed by atoms with E-state index in [0.29, 0.717) is 5.75 Å². The number of aryl methyl sites for hydroxylation is 1. The highest BCUT2D eigenvalue weighted by Crippen LogP contribution is 2.42. The molecule has 27 heavy (non-hydrogen) atoms. The van der Waals surface area contributed by atoms with Crippen LogP contribution in [-0.2, 0) is 4.79 Å². The molecule has 0 spiro atoms. The molecule has 2 aromatic rings. The van der Waals surface area contributed by atoms with Crippen molar-refractivity contribution >= 4 is 5.91 Å². The van der Waals surface area contributed by atoms with Crippen LogP contribution in [0.4, 0.5) is 0 Å². The van der Waals surface area contributed by atoms with Gasteiger partial charge in [0, 0.05) is 12.0 Å². The summed E-state index contributed by atoms with van der Waals surface area (Å²) in [5.41, 5.74) is 1.90. The van der Waals surface area contributed by atoms with Gasteiger partial charge in [-0.05, 0) is 50.5 Å². The van der Waals surface area contributed by atoms with Crippen molar-refractivity contribution in [1.29, 1.82) is 0 Å². The average molecular weight is 367 g/mol. The number of carbonyl (C=O) groups excluding carboxylic acids is 1. The summed E-state index contributed by atoms with van der Waals surface area (Å²) in [5, 5.41) is 3.19. The summed E-state index contributed by atoms with van der Waals surface area (Å²) in [5.74, 6) is 1.46. The molecule has 1 N–H and O–H groups in total. The number of fused-ring (bicyclic) bond motifs is 1. The number of rotatable bonds is 6. The first-order chi connectivity index (χ1) is 13.0. The Morgan fingerprint density at radius 3 is 2.67 bits per heavy atom. The number of para-hydroxylation sites is 1. The summed E-state index contributed by atoms with van der Waals surface area (Å²) in [7, 11) is 0. The van der Waals surface area contributed by atoms with Crippen molar-refractivity contribution < 1.29 is 14.3 Å². The van der Waals surface area contributed by atoms with Crippen LogP contribution in [0.15, 0.2) is 48.5 Å². The van der Waals surface area contributed by atoms with Crippen LogP contribution in [0, 0.1) is 6.92 Å². The van der Waals surface area contributed by atoms with Crippen LogP contribution in [0.2, 0.25) is 0 Å². The Bertz CT molecular complexity index is 798. The van der Waals surface area contributed by atoms with Crippen LogP contribution < -0.4 is 14.8 Å². The first kappa shape index (κ1) is 19.3. The third kappa shape index (κ3) is 4.26. The predicted octanol–water partition coefficient (Wildman–Crippen LogP) is 4.96. The van der Waals surface area contributed by atoms with E-state index in [4.69, 9.17) is 9.47 Å². The van der Waals surface area contributed by atoms with Gasteiger partial charge in [-0.2, -0.15) is 0 Å². The number of hydrogen-bond acceptors (Lipinski definition) is 3. The fourth-order valence-electron chi connectivity index (χ4n) is 3.67. The molecular formula is C23H29NO3. The summed E-state index contributed by atoms with van der Waals surface area (Å²) < 4.78 is 12.2. The van der Waals surface area contributed by atoms with E-state index < -0.39 is 6.10 Å². The molecule has 0 saturated carbocycles. The van der Waals surface area contributed by atoms with Gasteiger partial charge >= 0.3 is 0 Å². The van der Waals surface area contributed by atoms with Crippen LogP contribution in [0.3, 0.4) is 0 Å². The zero-order valence-electron chi connectivity index (χ0n) is 16.6. The molecule has 1 amide bonds. The Hall–Kier alpha value is -2.49. The summed E-state index contributed by atoms with van der Waals surface area (Å²) in [6.07, 6.45) is 2.00. The highest BCUT2D eigenvalue weighted by atomic mass is 16.5. The normalized spacial score (nSPS) is 18.7. The number of hydrogen-bond donors (Lipinski definition) is 1. The van der Waals surface area contributed by atoms with Gasteiger partial charge < -0.3 is 14.8 Å². The molecule has 1 heterocycles. The van der Waals surface area contributed by atoms with Gasteiger partial charge in [0.05, 0.1) is 6.04 Å². The molecule has 0 bridgehead atoms. The monoisotopic (exact) mass is 367 g/mol. The van der Waals surface area contributed by atoms with Crippen molar-refractivity contribution in [2.45, 2.75) is 64.7 Å². The minimum atomic E-state index is -0.570. The van der Waals surface area contributed by atoms with Crippen LogP contribution in [0.1, 0.15) is 57.2 Å². The number of amides is 1. The number of nitrogens with one attached hydrogen (secondary N) is 1. The standard InChI is InChI=1S/C23H29NO3/c1-5-23(6-2)15-20(19-12-7-8-13-21(19)27-23)24-22(25)17(4)26-18-11-9-10-16(3)14-18/h7-14,17,20H,5-6,15H2,1-4H3,(H,24,25)/t17-,20+/m1/s1. The van der Waals surface area contributed by atoms with E-state index in [1.54, 1.807) is 6.92 Å². The second-order valence-electron chi connectivity index (χ2n) is 7.37. The number of carbonyl (C=O) groups is 1. The lowest BCUT2D eigenvalue weighted by Crippen LogP contribution is -2.46. The van der Waals surface area contributed by atoms with E-state index >= 15 is 0 Å². The molecule has 144 valence electrons. The minimum absolute atomic E-state index is 0.0779. The summed E-state index contributed by atoms with van der Waals surface area (Å²) in [6, 6.07) is 15.6. The highest BCUT2D eigenvalue weighted by molar-refractivity contribution is 5.81. The van der Waals surface area contributed by atoms with Gasteiger partial charge in [0.15, 0.2) is 6.10 Å². The minimum Gasteiger partial charge on any atom is -0.487 e. The molecule has 0 unspecified atom stereocenters. The van der Waals surface area contributed by atoms with Gasteiger partial charge in [-0.15, -0.1) is 0 Å². The van der Waals surface area contributed by atoms with Crippen molar-refractivity contribution in [3.8, 4) is 11.5 Å². The Balaban J connectivity index is 1.75. The fourth-order valence-corrected chi connectivity index (χ4v) is 3.67. The zero-order valence-corrected chi connectivity index (χ0v) is 16.6. The predicted molar refractivity (Wildman–Crippen MR) is 107 cm³/mol.